The Bertz CT molecular complexity index is 930. The van der Waals surface area contributed by atoms with Crippen LogP contribution in [0.2, 0.25) is 0 Å². The lowest BCUT2D eigenvalue weighted by molar-refractivity contribution is 0.0775. The number of ether oxygens (including phenoxy) is 3. The molecule has 3 unspecified atom stereocenters. The van der Waals surface area contributed by atoms with E-state index in [1.54, 1.807) is 12.1 Å². The average Bonchev–Trinajstić information content (AvgIpc) is 3.50. The molecule has 0 spiro atoms. The number of urea groups is 1. The Kier molecular flexibility index (Phi) is 5.68. The zero-order valence-corrected chi connectivity index (χ0v) is 17.4. The zero-order chi connectivity index (χ0) is 21.2. The fourth-order valence-corrected chi connectivity index (χ4v) is 4.77. The van der Waals surface area contributed by atoms with Gasteiger partial charge in [0.15, 0.2) is 11.5 Å². The van der Waals surface area contributed by atoms with Gasteiger partial charge >= 0.3 is 6.03 Å². The van der Waals surface area contributed by atoms with E-state index in [1.807, 2.05) is 23.1 Å². The lowest BCUT2D eigenvalue weighted by atomic mass is 9.99. The first kappa shape index (κ1) is 20.1. The van der Waals surface area contributed by atoms with Gasteiger partial charge in [-0.05, 0) is 61.1 Å². The second-order valence-electron chi connectivity index (χ2n) is 8.28. The van der Waals surface area contributed by atoms with E-state index in [0.29, 0.717) is 26.4 Å². The monoisotopic (exact) mass is 426 g/mol. The molecule has 0 radical (unpaired) electrons. The van der Waals surface area contributed by atoms with Crippen molar-refractivity contribution in [2.75, 3.05) is 26.4 Å². The number of hydrogen-bond acceptors (Lipinski definition) is 4. The lowest BCUT2D eigenvalue weighted by Crippen LogP contribution is -2.44. The van der Waals surface area contributed by atoms with Gasteiger partial charge in [0.25, 0.3) is 0 Å². The molecular formula is C24H27FN2O4. The molecule has 2 amide bonds. The van der Waals surface area contributed by atoms with E-state index in [2.05, 4.69) is 5.32 Å². The highest BCUT2D eigenvalue weighted by atomic mass is 19.1. The number of rotatable bonds is 4. The minimum Gasteiger partial charge on any atom is -0.486 e. The molecule has 0 bridgehead atoms. The number of amides is 2. The highest BCUT2D eigenvalue weighted by Crippen LogP contribution is 2.38. The van der Waals surface area contributed by atoms with Crippen molar-refractivity contribution >= 4 is 6.03 Å². The second-order valence-corrected chi connectivity index (χ2v) is 8.28. The molecule has 5 rings (SSSR count). The van der Waals surface area contributed by atoms with E-state index < -0.39 is 0 Å². The van der Waals surface area contributed by atoms with Gasteiger partial charge in [0.1, 0.15) is 19.0 Å². The number of nitrogens with one attached hydrogen (secondary N) is 1. The Hall–Kier alpha value is -2.80. The summed E-state index contributed by atoms with van der Waals surface area (Å²) in [4.78, 5) is 15.2. The molecule has 2 aromatic rings. The fourth-order valence-electron chi connectivity index (χ4n) is 4.77. The average molecular weight is 426 g/mol. The van der Waals surface area contributed by atoms with Crippen LogP contribution in [0.25, 0.3) is 0 Å². The zero-order valence-electron chi connectivity index (χ0n) is 17.4. The third-order valence-electron chi connectivity index (χ3n) is 6.31. The Balaban J connectivity index is 1.35. The number of hydrogen-bond donors (Lipinski definition) is 1. The molecule has 3 aliphatic heterocycles. The summed E-state index contributed by atoms with van der Waals surface area (Å²) in [5.74, 6) is 1.19. The molecule has 0 aromatic heterocycles. The normalized spacial score (nSPS) is 23.6. The van der Waals surface area contributed by atoms with Gasteiger partial charge in [-0.1, -0.05) is 18.2 Å². The molecule has 2 fully saturated rings. The van der Waals surface area contributed by atoms with Crippen LogP contribution < -0.4 is 14.8 Å². The molecule has 0 saturated carbocycles. The van der Waals surface area contributed by atoms with Gasteiger partial charge in [-0.2, -0.15) is 0 Å². The van der Waals surface area contributed by atoms with E-state index in [4.69, 9.17) is 14.2 Å². The number of halogens is 1. The number of likely N-dealkylation sites (tertiary alicyclic amines) is 1. The van der Waals surface area contributed by atoms with Crippen LogP contribution in [0.1, 0.15) is 48.9 Å². The minimum atomic E-state index is -0.308. The summed E-state index contributed by atoms with van der Waals surface area (Å²) in [6.07, 6.45) is 3.56. The van der Waals surface area contributed by atoms with E-state index in [-0.39, 0.29) is 30.0 Å². The summed E-state index contributed by atoms with van der Waals surface area (Å²) < 4.78 is 30.7. The number of carbonyl (C=O) groups excluding carboxylic acids is 1. The molecule has 2 aromatic carbocycles. The predicted octanol–water partition coefficient (Wildman–Crippen LogP) is 4.36. The van der Waals surface area contributed by atoms with Crippen LogP contribution in [0.4, 0.5) is 9.18 Å². The van der Waals surface area contributed by atoms with Gasteiger partial charge < -0.3 is 24.4 Å². The van der Waals surface area contributed by atoms with Crippen LogP contribution >= 0.6 is 0 Å². The van der Waals surface area contributed by atoms with Crippen molar-refractivity contribution in [2.24, 2.45) is 0 Å². The Labute approximate surface area is 181 Å². The summed E-state index contributed by atoms with van der Waals surface area (Å²) in [6, 6.07) is 11.8. The van der Waals surface area contributed by atoms with E-state index in [9.17, 15) is 9.18 Å². The highest BCUT2D eigenvalue weighted by Gasteiger charge is 2.35. The molecular weight excluding hydrogens is 399 g/mol. The SMILES string of the molecule is O=C(NC(c1ccc(F)cc1)C1CCCO1)N1CCCC1c1ccc2c(c1)OCCO2. The minimum absolute atomic E-state index is 0.0193. The Morgan fingerprint density at radius 3 is 2.58 bits per heavy atom. The van der Waals surface area contributed by atoms with Crippen LogP contribution in [0.5, 0.6) is 11.5 Å². The third-order valence-corrected chi connectivity index (χ3v) is 6.31. The lowest BCUT2D eigenvalue weighted by Gasteiger charge is -2.31. The molecule has 3 heterocycles. The molecule has 31 heavy (non-hydrogen) atoms. The van der Waals surface area contributed by atoms with Gasteiger partial charge in [-0.3, -0.25) is 0 Å². The van der Waals surface area contributed by atoms with Gasteiger partial charge in [0.2, 0.25) is 0 Å². The summed E-state index contributed by atoms with van der Waals surface area (Å²) in [6.45, 7) is 2.46. The molecule has 7 heteroatoms. The van der Waals surface area contributed by atoms with Crippen LogP contribution in [0.15, 0.2) is 42.5 Å². The van der Waals surface area contributed by atoms with Crippen molar-refractivity contribution in [3.8, 4) is 11.5 Å². The third kappa shape index (κ3) is 4.19. The predicted molar refractivity (Wildman–Crippen MR) is 113 cm³/mol. The first-order valence-electron chi connectivity index (χ1n) is 11.0. The maximum absolute atomic E-state index is 13.4. The Morgan fingerprint density at radius 1 is 1.00 bits per heavy atom. The van der Waals surface area contributed by atoms with Crippen molar-refractivity contribution in [3.63, 3.8) is 0 Å². The first-order chi connectivity index (χ1) is 15.2. The summed E-state index contributed by atoms with van der Waals surface area (Å²) in [7, 11) is 0. The molecule has 3 aliphatic rings. The van der Waals surface area contributed by atoms with Gasteiger partial charge in [0, 0.05) is 13.2 Å². The number of benzene rings is 2. The van der Waals surface area contributed by atoms with E-state index in [0.717, 1.165) is 48.3 Å². The van der Waals surface area contributed by atoms with Crippen molar-refractivity contribution in [3.05, 3.63) is 59.4 Å². The van der Waals surface area contributed by atoms with Gasteiger partial charge in [-0.25, -0.2) is 9.18 Å². The number of nitrogens with zero attached hydrogens (tertiary/aromatic N) is 1. The van der Waals surface area contributed by atoms with E-state index >= 15 is 0 Å². The number of carbonyl (C=O) groups is 1. The highest BCUT2D eigenvalue weighted by molar-refractivity contribution is 5.76. The van der Waals surface area contributed by atoms with Crippen LogP contribution in [0.3, 0.4) is 0 Å². The molecule has 3 atom stereocenters. The van der Waals surface area contributed by atoms with Gasteiger partial charge in [-0.15, -0.1) is 0 Å². The topological polar surface area (TPSA) is 60.0 Å². The summed E-state index contributed by atoms with van der Waals surface area (Å²) >= 11 is 0. The summed E-state index contributed by atoms with van der Waals surface area (Å²) in [5.41, 5.74) is 1.91. The van der Waals surface area contributed by atoms with Crippen molar-refractivity contribution in [2.45, 2.75) is 43.9 Å². The molecule has 2 saturated heterocycles. The maximum atomic E-state index is 13.4. The van der Waals surface area contributed by atoms with Crippen LogP contribution in [-0.2, 0) is 4.74 Å². The molecule has 164 valence electrons. The first-order valence-corrected chi connectivity index (χ1v) is 11.0. The van der Waals surface area contributed by atoms with Crippen molar-refractivity contribution < 1.29 is 23.4 Å². The van der Waals surface area contributed by atoms with Crippen molar-refractivity contribution in [1.82, 2.24) is 10.2 Å². The molecule has 6 nitrogen and oxygen atoms in total. The maximum Gasteiger partial charge on any atom is 0.318 e. The van der Waals surface area contributed by atoms with Crippen molar-refractivity contribution in [1.29, 1.82) is 0 Å². The number of fused-ring (bicyclic) bond motifs is 1. The smallest absolute Gasteiger partial charge is 0.318 e. The van der Waals surface area contributed by atoms with Gasteiger partial charge in [0.05, 0.1) is 18.2 Å². The largest absolute Gasteiger partial charge is 0.486 e. The summed E-state index contributed by atoms with van der Waals surface area (Å²) in [5, 5.41) is 3.18. The Morgan fingerprint density at radius 2 is 1.81 bits per heavy atom. The molecule has 0 aliphatic carbocycles. The fraction of sp³-hybridized carbons (Fsp3) is 0.458. The quantitative estimate of drug-likeness (QED) is 0.789. The van der Waals surface area contributed by atoms with Crippen LogP contribution in [-0.4, -0.2) is 43.4 Å². The standard InChI is InChI=1S/C24H27FN2O4/c25-18-8-5-16(6-9-18)23(21-4-2-12-29-21)26-24(28)27-11-1-3-19(27)17-7-10-20-22(15-17)31-14-13-30-20/h5-10,15,19,21,23H,1-4,11-14H2,(H,26,28). The van der Waals surface area contributed by atoms with E-state index in [1.165, 1.54) is 12.1 Å². The molecule has 1 N–H and O–H groups in total. The van der Waals surface area contributed by atoms with Crippen LogP contribution in [0, 0.1) is 5.82 Å². The second kappa shape index (κ2) is 8.75.